The van der Waals surface area contributed by atoms with Gasteiger partial charge < -0.3 is 10.1 Å². The third-order valence-corrected chi connectivity index (χ3v) is 5.71. The molecule has 4 aromatic rings. The lowest BCUT2D eigenvalue weighted by molar-refractivity contribution is -0.115. The Balaban J connectivity index is 1.43. The van der Waals surface area contributed by atoms with Crippen molar-refractivity contribution in [3.63, 3.8) is 0 Å². The molecular weight excluding hydrogens is 378 g/mol. The number of hydrogen-bond acceptors (Lipinski definition) is 6. The number of anilines is 1. The van der Waals surface area contributed by atoms with Crippen LogP contribution in [0.5, 0.6) is 5.75 Å². The van der Waals surface area contributed by atoms with Crippen LogP contribution in [0.1, 0.15) is 12.6 Å². The molecular formula is C20H17N3O2S2. The molecule has 0 radical (unpaired) electrons. The first kappa shape index (κ1) is 17.6. The van der Waals surface area contributed by atoms with Crippen LogP contribution in [0.25, 0.3) is 20.8 Å². The maximum absolute atomic E-state index is 12.4. The molecule has 0 aliphatic carbocycles. The molecule has 7 heteroatoms. The van der Waals surface area contributed by atoms with E-state index < -0.39 is 0 Å². The summed E-state index contributed by atoms with van der Waals surface area (Å²) in [6.07, 6.45) is 0.226. The molecule has 4 rings (SSSR count). The molecule has 1 N–H and O–H groups in total. The lowest BCUT2D eigenvalue weighted by atomic mass is 10.2. The van der Waals surface area contributed by atoms with Gasteiger partial charge in [-0.2, -0.15) is 0 Å². The van der Waals surface area contributed by atoms with Gasteiger partial charge in [0.25, 0.3) is 0 Å². The van der Waals surface area contributed by atoms with Gasteiger partial charge in [0.15, 0.2) is 5.13 Å². The Morgan fingerprint density at radius 2 is 2.00 bits per heavy atom. The van der Waals surface area contributed by atoms with Gasteiger partial charge in [-0.15, -0.1) is 11.3 Å². The number of rotatable bonds is 6. The average Bonchev–Trinajstić information content (AvgIpc) is 3.28. The fourth-order valence-electron chi connectivity index (χ4n) is 2.64. The molecule has 2 aromatic heterocycles. The van der Waals surface area contributed by atoms with Crippen LogP contribution in [0.15, 0.2) is 53.9 Å². The van der Waals surface area contributed by atoms with Gasteiger partial charge in [-0.1, -0.05) is 41.7 Å². The van der Waals surface area contributed by atoms with Gasteiger partial charge in [-0.3, -0.25) is 4.79 Å². The summed E-state index contributed by atoms with van der Waals surface area (Å²) < 4.78 is 6.49. The van der Waals surface area contributed by atoms with Gasteiger partial charge in [0.05, 0.1) is 28.9 Å². The SMILES string of the molecule is CCOc1ccc2nc(NC(=O)Cc3csc(-c4ccccc4)n3)sc2c1. The largest absolute Gasteiger partial charge is 0.494 e. The molecule has 2 aromatic carbocycles. The summed E-state index contributed by atoms with van der Waals surface area (Å²) in [7, 11) is 0. The number of hydrogen-bond donors (Lipinski definition) is 1. The van der Waals surface area contributed by atoms with Crippen LogP contribution in [0.2, 0.25) is 0 Å². The summed E-state index contributed by atoms with van der Waals surface area (Å²) in [5, 5.41) is 6.30. The number of nitrogens with one attached hydrogen (secondary N) is 1. The highest BCUT2D eigenvalue weighted by Gasteiger charge is 2.12. The molecule has 27 heavy (non-hydrogen) atoms. The molecule has 0 saturated carbocycles. The van der Waals surface area contributed by atoms with E-state index in [1.165, 1.54) is 11.3 Å². The molecule has 0 fully saturated rings. The van der Waals surface area contributed by atoms with E-state index in [4.69, 9.17) is 4.74 Å². The molecule has 1 amide bonds. The van der Waals surface area contributed by atoms with E-state index in [0.29, 0.717) is 11.7 Å². The minimum Gasteiger partial charge on any atom is -0.494 e. The van der Waals surface area contributed by atoms with Crippen molar-refractivity contribution in [2.45, 2.75) is 13.3 Å². The number of amides is 1. The lowest BCUT2D eigenvalue weighted by Crippen LogP contribution is -2.14. The van der Waals surface area contributed by atoms with E-state index in [-0.39, 0.29) is 12.3 Å². The monoisotopic (exact) mass is 395 g/mol. The van der Waals surface area contributed by atoms with Crippen molar-refractivity contribution in [1.82, 2.24) is 9.97 Å². The fourth-order valence-corrected chi connectivity index (χ4v) is 4.38. The first-order chi connectivity index (χ1) is 13.2. The maximum atomic E-state index is 12.4. The summed E-state index contributed by atoms with van der Waals surface area (Å²) in [4.78, 5) is 21.4. The summed E-state index contributed by atoms with van der Waals surface area (Å²) in [5.41, 5.74) is 2.67. The van der Waals surface area contributed by atoms with E-state index in [1.54, 1.807) is 11.3 Å². The van der Waals surface area contributed by atoms with Crippen LogP contribution in [0.4, 0.5) is 5.13 Å². The van der Waals surface area contributed by atoms with E-state index in [9.17, 15) is 4.79 Å². The summed E-state index contributed by atoms with van der Waals surface area (Å²) in [6, 6.07) is 15.7. The van der Waals surface area contributed by atoms with Crippen molar-refractivity contribution in [2.75, 3.05) is 11.9 Å². The number of ether oxygens (including phenoxy) is 1. The van der Waals surface area contributed by atoms with Crippen LogP contribution in [-0.4, -0.2) is 22.5 Å². The van der Waals surface area contributed by atoms with Crippen LogP contribution in [0, 0.1) is 0 Å². The number of nitrogens with zero attached hydrogens (tertiary/aromatic N) is 2. The Hall–Kier alpha value is -2.77. The highest BCUT2D eigenvalue weighted by molar-refractivity contribution is 7.22. The van der Waals surface area contributed by atoms with Gasteiger partial charge >= 0.3 is 0 Å². The number of benzene rings is 2. The zero-order valence-corrected chi connectivity index (χ0v) is 16.3. The summed E-state index contributed by atoms with van der Waals surface area (Å²) in [5.74, 6) is 0.687. The molecule has 5 nitrogen and oxygen atoms in total. The Morgan fingerprint density at radius 1 is 1.15 bits per heavy atom. The van der Waals surface area contributed by atoms with Gasteiger partial charge in [-0.05, 0) is 25.1 Å². The second kappa shape index (κ2) is 7.85. The van der Waals surface area contributed by atoms with Crippen molar-refractivity contribution in [3.05, 3.63) is 59.6 Å². The predicted octanol–water partition coefficient (Wildman–Crippen LogP) is 5.00. The van der Waals surface area contributed by atoms with E-state index in [2.05, 4.69) is 15.3 Å². The van der Waals surface area contributed by atoms with Gasteiger partial charge in [-0.25, -0.2) is 9.97 Å². The maximum Gasteiger partial charge on any atom is 0.232 e. The quantitative estimate of drug-likeness (QED) is 0.499. The number of carbonyl (C=O) groups excluding carboxylic acids is 1. The van der Waals surface area contributed by atoms with Gasteiger partial charge in [0, 0.05) is 10.9 Å². The minimum absolute atomic E-state index is 0.121. The van der Waals surface area contributed by atoms with Crippen LogP contribution in [0.3, 0.4) is 0 Å². The molecule has 0 aliphatic heterocycles. The first-order valence-corrected chi connectivity index (χ1v) is 10.2. The summed E-state index contributed by atoms with van der Waals surface area (Å²) in [6.45, 7) is 2.57. The van der Waals surface area contributed by atoms with E-state index in [1.807, 2.05) is 60.8 Å². The molecule has 136 valence electrons. The van der Waals surface area contributed by atoms with Crippen molar-refractivity contribution in [2.24, 2.45) is 0 Å². The number of thiazole rings is 2. The second-order valence-corrected chi connectivity index (χ2v) is 7.71. The predicted molar refractivity (Wildman–Crippen MR) is 111 cm³/mol. The Labute approximate surface area is 164 Å². The topological polar surface area (TPSA) is 64.1 Å². The van der Waals surface area contributed by atoms with Crippen molar-refractivity contribution in [3.8, 4) is 16.3 Å². The standard InChI is InChI=1S/C20H17N3O2S2/c1-2-25-15-8-9-16-17(11-15)27-20(22-16)23-18(24)10-14-12-26-19(21-14)13-6-4-3-5-7-13/h3-9,11-12H,2,10H2,1H3,(H,22,23,24). The van der Waals surface area contributed by atoms with E-state index >= 15 is 0 Å². The highest BCUT2D eigenvalue weighted by Crippen LogP contribution is 2.29. The number of carbonyl (C=O) groups is 1. The van der Waals surface area contributed by atoms with Crippen LogP contribution in [-0.2, 0) is 11.2 Å². The van der Waals surface area contributed by atoms with Gasteiger partial charge in [0.1, 0.15) is 10.8 Å². The zero-order valence-electron chi connectivity index (χ0n) is 14.6. The molecule has 0 unspecified atom stereocenters. The molecule has 0 bridgehead atoms. The fraction of sp³-hybridized carbons (Fsp3) is 0.150. The Kier molecular flexibility index (Phi) is 5.13. The third-order valence-electron chi connectivity index (χ3n) is 3.83. The Bertz CT molecular complexity index is 1070. The summed E-state index contributed by atoms with van der Waals surface area (Å²) >= 11 is 2.98. The molecule has 0 atom stereocenters. The smallest absolute Gasteiger partial charge is 0.232 e. The zero-order chi connectivity index (χ0) is 18.6. The second-order valence-electron chi connectivity index (χ2n) is 5.82. The van der Waals surface area contributed by atoms with Crippen molar-refractivity contribution in [1.29, 1.82) is 0 Å². The first-order valence-electron chi connectivity index (χ1n) is 8.54. The van der Waals surface area contributed by atoms with Gasteiger partial charge in [0.2, 0.25) is 5.91 Å². The molecule has 2 heterocycles. The lowest BCUT2D eigenvalue weighted by Gasteiger charge is -2.00. The molecule has 0 saturated heterocycles. The van der Waals surface area contributed by atoms with Crippen LogP contribution >= 0.6 is 22.7 Å². The van der Waals surface area contributed by atoms with Crippen molar-refractivity contribution < 1.29 is 9.53 Å². The Morgan fingerprint density at radius 3 is 2.81 bits per heavy atom. The number of aromatic nitrogens is 2. The average molecular weight is 396 g/mol. The normalized spacial score (nSPS) is 10.9. The minimum atomic E-state index is -0.121. The third kappa shape index (κ3) is 4.15. The number of fused-ring (bicyclic) bond motifs is 1. The van der Waals surface area contributed by atoms with Crippen LogP contribution < -0.4 is 10.1 Å². The molecule has 0 aliphatic rings. The molecule has 0 spiro atoms. The van der Waals surface area contributed by atoms with Crippen molar-refractivity contribution >= 4 is 43.9 Å². The highest BCUT2D eigenvalue weighted by atomic mass is 32.1. The van der Waals surface area contributed by atoms with E-state index in [0.717, 1.165) is 32.2 Å².